The molecule has 0 aliphatic carbocycles. The molecule has 1 unspecified atom stereocenters. The van der Waals surface area contributed by atoms with Crippen LogP contribution in [0.4, 0.5) is 18.9 Å². The topological polar surface area (TPSA) is 50.4 Å². The second kappa shape index (κ2) is 7.78. The zero-order chi connectivity index (χ0) is 18.6. The van der Waals surface area contributed by atoms with Gasteiger partial charge in [0.05, 0.1) is 11.6 Å². The molecule has 0 saturated carbocycles. The van der Waals surface area contributed by atoms with Gasteiger partial charge < -0.3 is 15.4 Å². The number of benzene rings is 2. The molecule has 1 atom stereocenters. The van der Waals surface area contributed by atoms with Crippen molar-refractivity contribution in [3.63, 3.8) is 0 Å². The van der Waals surface area contributed by atoms with Crippen molar-refractivity contribution in [2.75, 3.05) is 11.9 Å². The monoisotopic (exact) mass is 364 g/mol. The predicted molar refractivity (Wildman–Crippen MR) is 91.9 cm³/mol. The van der Waals surface area contributed by atoms with E-state index >= 15 is 0 Å². The van der Waals surface area contributed by atoms with Gasteiger partial charge in [0.1, 0.15) is 12.4 Å². The van der Waals surface area contributed by atoms with Crippen LogP contribution in [0.3, 0.4) is 0 Å². The van der Waals surface area contributed by atoms with Crippen molar-refractivity contribution in [3.05, 3.63) is 59.7 Å². The van der Waals surface area contributed by atoms with E-state index in [1.165, 1.54) is 6.07 Å². The standard InChI is InChI=1S/C19H19F3N2O2/c20-19(21,22)14-4-1-3-13(11-14)12-26-16-8-6-15(7-9-16)24-18(25)17-5-2-10-23-17/h1,3-4,6-9,11,17,23H,2,5,10,12H2,(H,24,25). The van der Waals surface area contributed by atoms with Crippen molar-refractivity contribution >= 4 is 11.6 Å². The summed E-state index contributed by atoms with van der Waals surface area (Å²) in [5, 5.41) is 5.95. The molecule has 2 aromatic carbocycles. The molecule has 1 heterocycles. The van der Waals surface area contributed by atoms with Crippen LogP contribution in [0.2, 0.25) is 0 Å². The van der Waals surface area contributed by atoms with Gasteiger partial charge in [-0.3, -0.25) is 4.79 Å². The second-order valence-electron chi connectivity index (χ2n) is 6.15. The van der Waals surface area contributed by atoms with Crippen molar-refractivity contribution in [1.82, 2.24) is 5.32 Å². The number of rotatable bonds is 5. The van der Waals surface area contributed by atoms with Crippen LogP contribution in [0, 0.1) is 0 Å². The number of hydrogen-bond donors (Lipinski definition) is 2. The lowest BCUT2D eigenvalue weighted by molar-refractivity contribution is -0.137. The van der Waals surface area contributed by atoms with Crippen molar-refractivity contribution in [1.29, 1.82) is 0 Å². The summed E-state index contributed by atoms with van der Waals surface area (Å²) in [6, 6.07) is 11.6. The molecule has 1 aliphatic heterocycles. The Morgan fingerprint density at radius 2 is 1.96 bits per heavy atom. The minimum absolute atomic E-state index is 0.0294. The maximum atomic E-state index is 12.7. The molecule has 1 fully saturated rings. The number of nitrogens with one attached hydrogen (secondary N) is 2. The average Bonchev–Trinajstić information content (AvgIpc) is 3.15. The summed E-state index contributed by atoms with van der Waals surface area (Å²) in [5.41, 5.74) is 0.386. The first-order valence-electron chi connectivity index (χ1n) is 8.35. The van der Waals surface area contributed by atoms with Gasteiger partial charge >= 0.3 is 6.18 Å². The number of carbonyl (C=O) groups is 1. The Bertz CT molecular complexity index is 754. The first-order chi connectivity index (χ1) is 12.4. The molecule has 0 radical (unpaired) electrons. The van der Waals surface area contributed by atoms with Crippen LogP contribution in [0.1, 0.15) is 24.0 Å². The van der Waals surface area contributed by atoms with E-state index in [1.54, 1.807) is 30.3 Å². The summed E-state index contributed by atoms with van der Waals surface area (Å²) in [4.78, 5) is 12.0. The van der Waals surface area contributed by atoms with E-state index in [4.69, 9.17) is 4.74 Å². The van der Waals surface area contributed by atoms with E-state index in [2.05, 4.69) is 10.6 Å². The van der Waals surface area contributed by atoms with Crippen LogP contribution in [0.5, 0.6) is 5.75 Å². The Morgan fingerprint density at radius 3 is 2.62 bits per heavy atom. The Labute approximate surface area is 149 Å². The van der Waals surface area contributed by atoms with E-state index in [0.29, 0.717) is 17.0 Å². The molecule has 2 N–H and O–H groups in total. The second-order valence-corrected chi connectivity index (χ2v) is 6.15. The van der Waals surface area contributed by atoms with Crippen LogP contribution in [-0.4, -0.2) is 18.5 Å². The van der Waals surface area contributed by atoms with Crippen LogP contribution in [0.15, 0.2) is 48.5 Å². The Balaban J connectivity index is 1.55. The van der Waals surface area contributed by atoms with E-state index in [0.717, 1.165) is 31.5 Å². The number of alkyl halides is 3. The van der Waals surface area contributed by atoms with Gasteiger partial charge in [-0.15, -0.1) is 0 Å². The Kier molecular flexibility index (Phi) is 5.46. The molecule has 7 heteroatoms. The SMILES string of the molecule is O=C(Nc1ccc(OCc2cccc(C(F)(F)F)c2)cc1)C1CCCN1. The number of hydrogen-bond acceptors (Lipinski definition) is 3. The predicted octanol–water partition coefficient (Wildman–Crippen LogP) is 3.97. The molecule has 1 saturated heterocycles. The lowest BCUT2D eigenvalue weighted by atomic mass is 10.1. The zero-order valence-electron chi connectivity index (χ0n) is 14.0. The van der Waals surface area contributed by atoms with Gasteiger partial charge in [0, 0.05) is 5.69 Å². The van der Waals surface area contributed by atoms with Crippen molar-refractivity contribution < 1.29 is 22.7 Å². The van der Waals surface area contributed by atoms with Crippen LogP contribution in [0.25, 0.3) is 0 Å². The van der Waals surface area contributed by atoms with Crippen molar-refractivity contribution in [2.24, 2.45) is 0 Å². The Morgan fingerprint density at radius 1 is 1.19 bits per heavy atom. The van der Waals surface area contributed by atoms with E-state index in [1.807, 2.05) is 0 Å². The molecule has 0 aromatic heterocycles. The van der Waals surface area contributed by atoms with Gasteiger partial charge in [0.25, 0.3) is 0 Å². The lowest BCUT2D eigenvalue weighted by Gasteiger charge is -2.12. The number of ether oxygens (including phenoxy) is 1. The first-order valence-corrected chi connectivity index (χ1v) is 8.35. The van der Waals surface area contributed by atoms with Gasteiger partial charge in [0.2, 0.25) is 5.91 Å². The summed E-state index contributed by atoms with van der Waals surface area (Å²) in [6.07, 6.45) is -2.56. The fraction of sp³-hybridized carbons (Fsp3) is 0.316. The number of anilines is 1. The smallest absolute Gasteiger partial charge is 0.416 e. The third-order valence-electron chi connectivity index (χ3n) is 4.16. The zero-order valence-corrected chi connectivity index (χ0v) is 14.0. The van der Waals surface area contributed by atoms with Gasteiger partial charge in [0.15, 0.2) is 0 Å². The molecule has 2 aromatic rings. The fourth-order valence-electron chi connectivity index (χ4n) is 2.78. The number of halogens is 3. The van der Waals surface area contributed by atoms with Crippen molar-refractivity contribution in [2.45, 2.75) is 31.7 Å². The molecule has 0 bridgehead atoms. The van der Waals surface area contributed by atoms with Crippen molar-refractivity contribution in [3.8, 4) is 5.75 Å². The van der Waals surface area contributed by atoms with E-state index in [9.17, 15) is 18.0 Å². The minimum Gasteiger partial charge on any atom is -0.489 e. The normalized spacial score (nSPS) is 17.1. The summed E-state index contributed by atoms with van der Waals surface area (Å²) in [7, 11) is 0. The molecule has 4 nitrogen and oxygen atoms in total. The molecule has 26 heavy (non-hydrogen) atoms. The quantitative estimate of drug-likeness (QED) is 0.844. The maximum Gasteiger partial charge on any atom is 0.416 e. The third kappa shape index (κ3) is 4.76. The van der Waals surface area contributed by atoms with Crippen LogP contribution >= 0.6 is 0 Å². The van der Waals surface area contributed by atoms with Gasteiger partial charge in [-0.05, 0) is 61.3 Å². The molecular formula is C19H19F3N2O2. The van der Waals surface area contributed by atoms with Crippen LogP contribution in [-0.2, 0) is 17.6 Å². The lowest BCUT2D eigenvalue weighted by Crippen LogP contribution is -2.35. The summed E-state index contributed by atoms with van der Waals surface area (Å²) in [6.45, 7) is 0.877. The highest BCUT2D eigenvalue weighted by molar-refractivity contribution is 5.95. The molecule has 1 amide bonds. The minimum atomic E-state index is -4.37. The highest BCUT2D eigenvalue weighted by atomic mass is 19.4. The van der Waals surface area contributed by atoms with Gasteiger partial charge in [-0.2, -0.15) is 13.2 Å². The van der Waals surface area contributed by atoms with E-state index in [-0.39, 0.29) is 18.6 Å². The number of carbonyl (C=O) groups excluding carboxylic acids is 1. The Hall–Kier alpha value is -2.54. The molecule has 3 rings (SSSR count). The summed E-state index contributed by atoms with van der Waals surface area (Å²) < 4.78 is 43.7. The average molecular weight is 364 g/mol. The largest absolute Gasteiger partial charge is 0.489 e. The molecule has 1 aliphatic rings. The maximum absolute atomic E-state index is 12.7. The summed E-state index contributed by atoms with van der Waals surface area (Å²) in [5.74, 6) is 0.444. The first kappa shape index (κ1) is 18.3. The third-order valence-corrected chi connectivity index (χ3v) is 4.16. The highest BCUT2D eigenvalue weighted by Crippen LogP contribution is 2.29. The van der Waals surface area contributed by atoms with Gasteiger partial charge in [-0.1, -0.05) is 12.1 Å². The molecule has 0 spiro atoms. The van der Waals surface area contributed by atoms with E-state index < -0.39 is 11.7 Å². The summed E-state index contributed by atoms with van der Waals surface area (Å²) >= 11 is 0. The van der Waals surface area contributed by atoms with Crippen LogP contribution < -0.4 is 15.4 Å². The highest BCUT2D eigenvalue weighted by Gasteiger charge is 2.30. The van der Waals surface area contributed by atoms with Gasteiger partial charge in [-0.25, -0.2) is 0 Å². The number of amides is 1. The molecular weight excluding hydrogens is 345 g/mol. The fourth-order valence-corrected chi connectivity index (χ4v) is 2.78. The molecule has 138 valence electrons.